The Labute approximate surface area is 275 Å². The van der Waals surface area contributed by atoms with Crippen LogP contribution in [0.3, 0.4) is 0 Å². The normalized spacial score (nSPS) is 11.3. The second-order valence-electron chi connectivity index (χ2n) is 11.1. The van der Waals surface area contributed by atoms with E-state index in [4.69, 9.17) is 18.9 Å². The summed E-state index contributed by atoms with van der Waals surface area (Å²) in [6.45, 7) is 0.390. The van der Waals surface area contributed by atoms with Gasteiger partial charge in [-0.15, -0.1) is 0 Å². The van der Waals surface area contributed by atoms with Crippen molar-refractivity contribution in [3.8, 4) is 28.4 Å². The smallest absolute Gasteiger partial charge is 0.325 e. The Morgan fingerprint density at radius 3 is 1.64 bits per heavy atom. The lowest BCUT2D eigenvalue weighted by molar-refractivity contribution is -0.141. The van der Waals surface area contributed by atoms with Crippen molar-refractivity contribution in [2.24, 2.45) is 0 Å². The minimum Gasteiger partial charge on any atom is -0.497 e. The molecule has 0 radical (unpaired) electrons. The highest BCUT2D eigenvalue weighted by atomic mass is 16.5. The van der Waals surface area contributed by atoms with Gasteiger partial charge in [0, 0.05) is 29.3 Å². The van der Waals surface area contributed by atoms with Crippen LogP contribution >= 0.6 is 0 Å². The van der Waals surface area contributed by atoms with Gasteiger partial charge in [0.05, 0.1) is 39.5 Å². The van der Waals surface area contributed by atoms with E-state index in [9.17, 15) is 4.79 Å². The minimum atomic E-state index is -0.733. The van der Waals surface area contributed by atoms with Crippen LogP contribution in [0, 0.1) is 0 Å². The van der Waals surface area contributed by atoms with E-state index < -0.39 is 5.54 Å². The number of carbonyl (C=O) groups is 1. The first-order chi connectivity index (χ1) is 23.0. The van der Waals surface area contributed by atoms with Gasteiger partial charge in [-0.2, -0.15) is 0 Å². The molecule has 1 N–H and O–H groups in total. The molecule has 1 aromatic heterocycles. The molecular weight excluding hydrogens is 588 g/mol. The molecule has 0 aliphatic carbocycles. The number of nitrogens with zero attached hydrogens (tertiary/aromatic N) is 1. The fraction of sp³-hybridized carbons (Fsp3) is 0.175. The van der Waals surface area contributed by atoms with Crippen LogP contribution in [0.15, 0.2) is 127 Å². The fourth-order valence-electron chi connectivity index (χ4n) is 6.45. The number of carbonyl (C=O) groups excluding carboxylic acids is 1. The Balaban J connectivity index is 1.64. The highest BCUT2D eigenvalue weighted by Crippen LogP contribution is 2.43. The van der Waals surface area contributed by atoms with Gasteiger partial charge in [0.15, 0.2) is 11.5 Å². The average molecular weight is 627 g/mol. The molecule has 0 spiro atoms. The molecule has 0 bridgehead atoms. The van der Waals surface area contributed by atoms with Crippen LogP contribution in [-0.2, 0) is 28.2 Å². The summed E-state index contributed by atoms with van der Waals surface area (Å²) >= 11 is 0. The number of hydrogen-bond donors (Lipinski definition) is 1. The molecule has 0 atom stereocenters. The Morgan fingerprint density at radius 2 is 1.17 bits per heavy atom. The summed E-state index contributed by atoms with van der Waals surface area (Å²) in [7, 11) is 6.29. The number of aromatic nitrogens is 1. The SMILES string of the molecule is COC(=O)Cn1c(CNC(c2ccccc2)(c2ccccc2)c2ccccc2)c(-c2ccc(OC)cc2)c2cc(OC)c(OC)cc21. The van der Waals surface area contributed by atoms with Crippen LogP contribution in [0.1, 0.15) is 22.4 Å². The van der Waals surface area contributed by atoms with Gasteiger partial charge < -0.3 is 23.5 Å². The van der Waals surface area contributed by atoms with Crippen molar-refractivity contribution in [1.29, 1.82) is 0 Å². The van der Waals surface area contributed by atoms with Gasteiger partial charge in [0.1, 0.15) is 12.3 Å². The maximum Gasteiger partial charge on any atom is 0.325 e. The standard InChI is InChI=1S/C40H38N2O5/c1-44-32-22-20-28(21-23-32)39-33-24-36(45-2)37(46-3)25-34(33)42(27-38(43)47-4)35(39)26-41-40(29-14-8-5-9-15-29,30-16-10-6-11-17-30)31-18-12-7-13-19-31/h5-25,41H,26-27H2,1-4H3. The second-order valence-corrected chi connectivity index (χ2v) is 11.1. The number of hydrogen-bond acceptors (Lipinski definition) is 6. The minimum absolute atomic E-state index is 0.00463. The predicted octanol–water partition coefficient (Wildman–Crippen LogP) is 7.59. The summed E-state index contributed by atoms with van der Waals surface area (Å²) in [5, 5.41) is 4.94. The van der Waals surface area contributed by atoms with Gasteiger partial charge in [-0.3, -0.25) is 10.1 Å². The van der Waals surface area contributed by atoms with Gasteiger partial charge in [-0.1, -0.05) is 103 Å². The van der Waals surface area contributed by atoms with Crippen LogP contribution < -0.4 is 19.5 Å². The molecule has 5 aromatic carbocycles. The Morgan fingerprint density at radius 1 is 0.660 bits per heavy atom. The van der Waals surface area contributed by atoms with E-state index in [0.29, 0.717) is 18.0 Å². The van der Waals surface area contributed by atoms with Crippen molar-refractivity contribution in [2.45, 2.75) is 18.6 Å². The quantitative estimate of drug-likeness (QED) is 0.112. The molecule has 6 aromatic rings. The van der Waals surface area contributed by atoms with E-state index in [1.807, 2.05) is 59.2 Å². The van der Waals surface area contributed by atoms with Gasteiger partial charge in [0.25, 0.3) is 0 Å². The number of rotatable bonds is 12. The van der Waals surface area contributed by atoms with Crippen molar-refractivity contribution in [3.05, 3.63) is 150 Å². The molecule has 0 aliphatic heterocycles. The number of methoxy groups -OCH3 is 4. The van der Waals surface area contributed by atoms with Crippen molar-refractivity contribution in [3.63, 3.8) is 0 Å². The van der Waals surface area contributed by atoms with E-state index in [1.54, 1.807) is 21.3 Å². The fourth-order valence-corrected chi connectivity index (χ4v) is 6.45. The van der Waals surface area contributed by atoms with E-state index in [0.717, 1.165) is 50.2 Å². The molecule has 6 rings (SSSR count). The van der Waals surface area contributed by atoms with Gasteiger partial charge >= 0.3 is 5.97 Å². The van der Waals surface area contributed by atoms with Gasteiger partial charge in [-0.25, -0.2) is 0 Å². The molecule has 0 unspecified atom stereocenters. The summed E-state index contributed by atoms with van der Waals surface area (Å²) in [5.41, 5.74) is 6.17. The number of ether oxygens (including phenoxy) is 4. The van der Waals surface area contributed by atoms with Crippen molar-refractivity contribution < 1.29 is 23.7 Å². The zero-order valence-corrected chi connectivity index (χ0v) is 27.0. The van der Waals surface area contributed by atoms with Crippen LogP contribution in [0.5, 0.6) is 17.2 Å². The largest absolute Gasteiger partial charge is 0.497 e. The van der Waals surface area contributed by atoms with Crippen LogP contribution in [0.25, 0.3) is 22.0 Å². The second kappa shape index (κ2) is 13.8. The Kier molecular flexibility index (Phi) is 9.27. The molecule has 238 valence electrons. The summed E-state index contributed by atoms with van der Waals surface area (Å²) < 4.78 is 24.2. The van der Waals surface area contributed by atoms with Gasteiger partial charge in [0.2, 0.25) is 0 Å². The molecule has 0 aliphatic rings. The third-order valence-electron chi connectivity index (χ3n) is 8.71. The lowest BCUT2D eigenvalue weighted by Gasteiger charge is -2.37. The van der Waals surface area contributed by atoms with E-state index in [2.05, 4.69) is 78.1 Å². The molecule has 0 fully saturated rings. The number of esters is 1. The summed E-state index contributed by atoms with van der Waals surface area (Å²) in [5.74, 6) is 1.55. The van der Waals surface area contributed by atoms with E-state index in [-0.39, 0.29) is 12.5 Å². The molecule has 0 amide bonds. The Bertz CT molecular complexity index is 1860. The highest BCUT2D eigenvalue weighted by Gasteiger charge is 2.37. The molecule has 7 nitrogen and oxygen atoms in total. The van der Waals surface area contributed by atoms with Crippen LogP contribution in [0.2, 0.25) is 0 Å². The number of nitrogens with one attached hydrogen (secondary N) is 1. The van der Waals surface area contributed by atoms with E-state index in [1.165, 1.54) is 7.11 Å². The summed E-state index contributed by atoms with van der Waals surface area (Å²) in [4.78, 5) is 13.0. The molecular formula is C40H38N2O5. The molecule has 47 heavy (non-hydrogen) atoms. The lowest BCUT2D eigenvalue weighted by atomic mass is 9.77. The van der Waals surface area contributed by atoms with Crippen LogP contribution in [-0.4, -0.2) is 39.0 Å². The topological polar surface area (TPSA) is 71.0 Å². The first-order valence-corrected chi connectivity index (χ1v) is 15.4. The average Bonchev–Trinajstić information content (AvgIpc) is 3.43. The van der Waals surface area contributed by atoms with Crippen molar-refractivity contribution in [1.82, 2.24) is 9.88 Å². The zero-order chi connectivity index (χ0) is 32.8. The summed E-state index contributed by atoms with van der Waals surface area (Å²) in [6.07, 6.45) is 0. The molecule has 0 saturated carbocycles. The van der Waals surface area contributed by atoms with Crippen molar-refractivity contribution >= 4 is 16.9 Å². The lowest BCUT2D eigenvalue weighted by Crippen LogP contribution is -2.44. The van der Waals surface area contributed by atoms with Crippen molar-refractivity contribution in [2.75, 3.05) is 28.4 Å². The Hall–Kier alpha value is -5.53. The maximum atomic E-state index is 13.0. The third-order valence-corrected chi connectivity index (χ3v) is 8.71. The highest BCUT2D eigenvalue weighted by molar-refractivity contribution is 6.00. The predicted molar refractivity (Wildman–Crippen MR) is 185 cm³/mol. The van der Waals surface area contributed by atoms with E-state index >= 15 is 0 Å². The monoisotopic (exact) mass is 626 g/mol. The zero-order valence-electron chi connectivity index (χ0n) is 27.0. The summed E-state index contributed by atoms with van der Waals surface area (Å²) in [6, 6.07) is 43.2. The van der Waals surface area contributed by atoms with Crippen LogP contribution in [0.4, 0.5) is 0 Å². The molecule has 1 heterocycles. The first kappa shape index (κ1) is 31.5. The first-order valence-electron chi connectivity index (χ1n) is 15.4. The molecule has 0 saturated heterocycles. The third kappa shape index (κ3) is 5.93. The number of benzene rings is 5. The molecule has 7 heteroatoms. The number of fused-ring (bicyclic) bond motifs is 1. The maximum absolute atomic E-state index is 13.0. The van der Waals surface area contributed by atoms with Gasteiger partial charge in [-0.05, 0) is 40.5 Å².